The van der Waals surface area contributed by atoms with Crippen LogP contribution in [0.3, 0.4) is 0 Å². The number of benzene rings is 2. The van der Waals surface area contributed by atoms with E-state index >= 15 is 0 Å². The van der Waals surface area contributed by atoms with E-state index in [0.29, 0.717) is 0 Å². The third-order valence-electron chi connectivity index (χ3n) is 2.97. The van der Waals surface area contributed by atoms with Gasteiger partial charge in [0.15, 0.2) is 0 Å². The first-order valence-corrected chi connectivity index (χ1v) is 7.76. The van der Waals surface area contributed by atoms with Gasteiger partial charge in [-0.05, 0) is 54.6 Å². The van der Waals surface area contributed by atoms with Crippen molar-refractivity contribution in [2.24, 2.45) is 0 Å². The van der Waals surface area contributed by atoms with Crippen molar-refractivity contribution in [1.29, 1.82) is 0 Å². The summed E-state index contributed by atoms with van der Waals surface area (Å²) in [7, 11) is 0. The van der Waals surface area contributed by atoms with Crippen molar-refractivity contribution in [2.75, 3.05) is 0 Å². The molecule has 0 fully saturated rings. The molecule has 1 heterocycles. The van der Waals surface area contributed by atoms with Crippen molar-refractivity contribution in [3.05, 3.63) is 75.7 Å². The Morgan fingerprint density at radius 2 is 0.950 bits per heavy atom. The van der Waals surface area contributed by atoms with Crippen LogP contribution in [0, 0.1) is 0 Å². The van der Waals surface area contributed by atoms with Crippen molar-refractivity contribution < 1.29 is 4.42 Å². The largest absolute Gasteiger partial charge is 0.360 e. The molecule has 3 heteroatoms. The average molecular weight is 391 g/mol. The van der Waals surface area contributed by atoms with Gasteiger partial charge in [0.1, 0.15) is 0 Å². The molecule has 0 unspecified atom stereocenters. The molecule has 0 bridgehead atoms. The maximum Gasteiger partial charge on any atom is 0.360 e. The van der Waals surface area contributed by atoms with Crippen LogP contribution in [0.25, 0.3) is 22.6 Å². The summed E-state index contributed by atoms with van der Waals surface area (Å²) < 4.78 is 8.12. The smallest absolute Gasteiger partial charge is 0.207 e. The van der Waals surface area contributed by atoms with Gasteiger partial charge in [-0.15, -0.1) is 0 Å². The highest BCUT2D eigenvalue weighted by molar-refractivity contribution is 9.10. The van der Waals surface area contributed by atoms with Crippen LogP contribution < -0.4 is 0 Å². The summed E-state index contributed by atoms with van der Waals surface area (Å²) in [4.78, 5) is 0. The Morgan fingerprint density at radius 3 is 1.35 bits per heavy atom. The number of hydrogen-bond acceptors (Lipinski definition) is 0. The van der Waals surface area contributed by atoms with Crippen molar-refractivity contribution in [1.82, 2.24) is 0 Å². The molecule has 20 heavy (non-hydrogen) atoms. The average Bonchev–Trinajstić information content (AvgIpc) is 2.49. The molecule has 0 N–H and O–H groups in total. The van der Waals surface area contributed by atoms with Gasteiger partial charge in [-0.2, -0.15) is 0 Å². The second-order valence-electron chi connectivity index (χ2n) is 4.37. The van der Waals surface area contributed by atoms with Crippen molar-refractivity contribution in [2.45, 2.75) is 0 Å². The van der Waals surface area contributed by atoms with E-state index in [-0.39, 0.29) is 0 Å². The summed E-state index contributed by atoms with van der Waals surface area (Å²) >= 11 is 6.88. The Morgan fingerprint density at radius 1 is 0.550 bits per heavy atom. The number of rotatable bonds is 2. The first kappa shape index (κ1) is 13.5. The highest BCUT2D eigenvalue weighted by atomic mass is 79.9. The van der Waals surface area contributed by atoms with Gasteiger partial charge < -0.3 is 0 Å². The van der Waals surface area contributed by atoms with Gasteiger partial charge in [0, 0.05) is 21.1 Å². The molecular formula is C17H11Br2O+. The van der Waals surface area contributed by atoms with Crippen LogP contribution in [-0.4, -0.2) is 0 Å². The van der Waals surface area contributed by atoms with E-state index in [1.165, 1.54) is 0 Å². The lowest BCUT2D eigenvalue weighted by molar-refractivity contribution is 0.582. The molecule has 0 radical (unpaired) electrons. The molecule has 3 rings (SSSR count). The molecule has 0 aliphatic rings. The third kappa shape index (κ3) is 3.00. The van der Waals surface area contributed by atoms with Crippen molar-refractivity contribution in [3.63, 3.8) is 0 Å². The molecule has 0 amide bonds. The molecule has 0 aliphatic carbocycles. The highest BCUT2D eigenvalue weighted by Crippen LogP contribution is 2.28. The van der Waals surface area contributed by atoms with Gasteiger partial charge >= 0.3 is 11.5 Å². The monoisotopic (exact) mass is 389 g/mol. The minimum atomic E-state index is 0.859. The molecule has 98 valence electrons. The zero-order chi connectivity index (χ0) is 13.9. The third-order valence-corrected chi connectivity index (χ3v) is 4.03. The van der Waals surface area contributed by atoms with E-state index in [2.05, 4.69) is 31.9 Å². The van der Waals surface area contributed by atoms with Gasteiger partial charge in [0.25, 0.3) is 0 Å². The van der Waals surface area contributed by atoms with Crippen LogP contribution >= 0.6 is 31.9 Å². The predicted molar refractivity (Wildman–Crippen MR) is 89.4 cm³/mol. The first-order chi connectivity index (χ1) is 9.72. The van der Waals surface area contributed by atoms with E-state index in [4.69, 9.17) is 4.42 Å². The summed E-state index contributed by atoms with van der Waals surface area (Å²) in [5, 5.41) is 0. The maximum absolute atomic E-state index is 6.00. The van der Waals surface area contributed by atoms with Crippen LogP contribution in [0.5, 0.6) is 0 Å². The van der Waals surface area contributed by atoms with Crippen molar-refractivity contribution >= 4 is 31.9 Å². The molecule has 0 spiro atoms. The van der Waals surface area contributed by atoms with E-state index in [0.717, 1.165) is 31.6 Å². The lowest BCUT2D eigenvalue weighted by atomic mass is 10.1. The second kappa shape index (κ2) is 5.90. The molecule has 0 saturated heterocycles. The summed E-state index contributed by atoms with van der Waals surface area (Å²) in [6.45, 7) is 0. The van der Waals surface area contributed by atoms with Gasteiger partial charge in [-0.1, -0.05) is 31.9 Å². The van der Waals surface area contributed by atoms with Gasteiger partial charge in [-0.25, -0.2) is 4.42 Å². The molecular weight excluding hydrogens is 380 g/mol. The van der Waals surface area contributed by atoms with Crippen LogP contribution in [0.2, 0.25) is 0 Å². The van der Waals surface area contributed by atoms with E-state index < -0.39 is 0 Å². The van der Waals surface area contributed by atoms with Crippen LogP contribution in [0.15, 0.2) is 80.1 Å². The van der Waals surface area contributed by atoms with Gasteiger partial charge in [-0.3, -0.25) is 0 Å². The Kier molecular flexibility index (Phi) is 3.99. The van der Waals surface area contributed by atoms with E-state index in [1.807, 2.05) is 66.7 Å². The van der Waals surface area contributed by atoms with Gasteiger partial charge in [0.05, 0.1) is 11.1 Å². The van der Waals surface area contributed by atoms with Crippen LogP contribution in [0.4, 0.5) is 0 Å². The predicted octanol–water partition coefficient (Wildman–Crippen LogP) is 6.42. The number of halogens is 2. The Balaban J connectivity index is 2.01. The Bertz CT molecular complexity index is 658. The molecule has 1 nitrogen and oxygen atoms in total. The van der Waals surface area contributed by atoms with E-state index in [9.17, 15) is 0 Å². The Hall–Kier alpha value is -1.45. The maximum atomic E-state index is 6.00. The van der Waals surface area contributed by atoms with Gasteiger partial charge in [0.2, 0.25) is 0 Å². The zero-order valence-corrected chi connectivity index (χ0v) is 13.7. The first-order valence-electron chi connectivity index (χ1n) is 6.17. The lowest BCUT2D eigenvalue weighted by Gasteiger charge is -1.95. The fourth-order valence-electron chi connectivity index (χ4n) is 1.95. The fraction of sp³-hybridized carbons (Fsp3) is 0. The SMILES string of the molecule is Brc1ccc(-c2cccc(-c3ccc(Br)cc3)[o+]2)cc1. The fourth-order valence-corrected chi connectivity index (χ4v) is 2.48. The summed E-state index contributed by atoms with van der Waals surface area (Å²) in [5.41, 5.74) is 2.12. The molecule has 1 aromatic heterocycles. The minimum Gasteiger partial charge on any atom is -0.207 e. The number of hydrogen-bond donors (Lipinski definition) is 0. The van der Waals surface area contributed by atoms with Crippen LogP contribution in [0.1, 0.15) is 0 Å². The normalized spacial score (nSPS) is 10.5. The van der Waals surface area contributed by atoms with E-state index in [1.54, 1.807) is 0 Å². The Labute approximate surface area is 134 Å². The highest BCUT2D eigenvalue weighted by Gasteiger charge is 2.16. The molecule has 0 saturated carbocycles. The standard InChI is InChI=1S/C17H11Br2O/c18-14-8-4-12(5-9-14)16-2-1-3-17(20-16)13-6-10-15(19)11-7-13/h1-11H/q+1. The molecule has 3 aromatic rings. The minimum absolute atomic E-state index is 0.859. The quantitative estimate of drug-likeness (QED) is 0.459. The molecule has 0 atom stereocenters. The zero-order valence-electron chi connectivity index (χ0n) is 10.5. The topological polar surface area (TPSA) is 11.3 Å². The molecule has 0 aliphatic heterocycles. The lowest BCUT2D eigenvalue weighted by Crippen LogP contribution is -1.81. The summed E-state index contributed by atoms with van der Waals surface area (Å²) in [5.74, 6) is 1.72. The summed E-state index contributed by atoms with van der Waals surface area (Å²) in [6, 6.07) is 22.2. The second-order valence-corrected chi connectivity index (χ2v) is 6.20. The van der Waals surface area contributed by atoms with Crippen molar-refractivity contribution in [3.8, 4) is 22.6 Å². The summed E-state index contributed by atoms with van der Waals surface area (Å²) in [6.07, 6.45) is 0. The van der Waals surface area contributed by atoms with Crippen LogP contribution in [-0.2, 0) is 0 Å². The molecule has 2 aromatic carbocycles.